The van der Waals surface area contributed by atoms with E-state index in [9.17, 15) is 4.79 Å². The highest BCUT2D eigenvalue weighted by atomic mass is 16.2. The van der Waals surface area contributed by atoms with Gasteiger partial charge in [0, 0.05) is 26.2 Å². The van der Waals surface area contributed by atoms with Gasteiger partial charge in [0.1, 0.15) is 5.69 Å². The lowest BCUT2D eigenvalue weighted by molar-refractivity contribution is 0.0687. The monoisotopic (exact) mass is 236 g/mol. The Morgan fingerprint density at radius 2 is 2.35 bits per heavy atom. The summed E-state index contributed by atoms with van der Waals surface area (Å²) in [6, 6.07) is 2.27. The zero-order valence-corrected chi connectivity index (χ0v) is 10.7. The van der Waals surface area contributed by atoms with Crippen LogP contribution >= 0.6 is 0 Å². The molecule has 2 heterocycles. The van der Waals surface area contributed by atoms with Crippen LogP contribution in [0, 0.1) is 6.92 Å². The highest BCUT2D eigenvalue weighted by Crippen LogP contribution is 2.14. The molecule has 0 bridgehead atoms. The number of amides is 1. The summed E-state index contributed by atoms with van der Waals surface area (Å²) in [6.07, 6.45) is 2.21. The highest BCUT2D eigenvalue weighted by Gasteiger charge is 2.25. The van der Waals surface area contributed by atoms with Crippen LogP contribution in [0.2, 0.25) is 0 Å². The molecule has 1 N–H and O–H groups in total. The molecule has 1 atom stereocenters. The number of piperidine rings is 1. The molecule has 1 aromatic heterocycles. The molecule has 5 nitrogen and oxygen atoms in total. The minimum atomic E-state index is 0.0908. The van der Waals surface area contributed by atoms with E-state index in [1.165, 1.54) is 0 Å². The van der Waals surface area contributed by atoms with Crippen LogP contribution in [-0.2, 0) is 7.05 Å². The van der Waals surface area contributed by atoms with Gasteiger partial charge < -0.3 is 10.2 Å². The van der Waals surface area contributed by atoms with Gasteiger partial charge in [0.05, 0.1) is 5.69 Å². The van der Waals surface area contributed by atoms with Gasteiger partial charge in [0.2, 0.25) is 0 Å². The van der Waals surface area contributed by atoms with Crippen molar-refractivity contribution >= 4 is 5.91 Å². The quantitative estimate of drug-likeness (QED) is 0.816. The predicted molar refractivity (Wildman–Crippen MR) is 65.9 cm³/mol. The van der Waals surface area contributed by atoms with E-state index in [1.807, 2.05) is 32.0 Å². The van der Waals surface area contributed by atoms with Crippen molar-refractivity contribution in [3.05, 3.63) is 17.5 Å². The summed E-state index contributed by atoms with van der Waals surface area (Å²) in [5.41, 5.74) is 1.57. The number of hydrogen-bond acceptors (Lipinski definition) is 3. The summed E-state index contributed by atoms with van der Waals surface area (Å²) in [5.74, 6) is 0.0908. The first kappa shape index (κ1) is 12.1. The standard InChI is InChI=1S/C12H20N4O/c1-9-7-11(15(3)14-9)12(17)16-6-4-5-10(8-16)13-2/h7,10,13H,4-6,8H2,1-3H3. The molecule has 1 unspecified atom stereocenters. The summed E-state index contributed by atoms with van der Waals surface area (Å²) < 4.78 is 1.67. The first-order valence-electron chi connectivity index (χ1n) is 6.09. The van der Waals surface area contributed by atoms with E-state index < -0.39 is 0 Å². The first-order valence-corrected chi connectivity index (χ1v) is 6.09. The van der Waals surface area contributed by atoms with Gasteiger partial charge in [-0.25, -0.2) is 0 Å². The minimum absolute atomic E-state index is 0.0908. The van der Waals surface area contributed by atoms with Crippen molar-refractivity contribution < 1.29 is 4.79 Å². The van der Waals surface area contributed by atoms with Crippen molar-refractivity contribution in [2.45, 2.75) is 25.8 Å². The zero-order chi connectivity index (χ0) is 12.4. The number of likely N-dealkylation sites (tertiary alicyclic amines) is 1. The first-order chi connectivity index (χ1) is 8.11. The van der Waals surface area contributed by atoms with Gasteiger partial charge >= 0.3 is 0 Å². The summed E-state index contributed by atoms with van der Waals surface area (Å²) in [5, 5.41) is 7.46. The van der Waals surface area contributed by atoms with Gasteiger partial charge in [0.25, 0.3) is 5.91 Å². The van der Waals surface area contributed by atoms with Crippen LogP contribution < -0.4 is 5.32 Å². The SMILES string of the molecule is CNC1CCCN(C(=O)c2cc(C)nn2C)C1. The Labute approximate surface area is 102 Å². The highest BCUT2D eigenvalue weighted by molar-refractivity contribution is 5.92. The average molecular weight is 236 g/mol. The van der Waals surface area contributed by atoms with Crippen LogP contribution in [0.3, 0.4) is 0 Å². The summed E-state index contributed by atoms with van der Waals surface area (Å²) in [7, 11) is 3.77. The molecule has 1 aromatic rings. The third kappa shape index (κ3) is 2.49. The number of carbonyl (C=O) groups is 1. The summed E-state index contributed by atoms with van der Waals surface area (Å²) in [4.78, 5) is 14.3. The molecule has 1 aliphatic heterocycles. The van der Waals surface area contributed by atoms with Crippen LogP contribution in [0.15, 0.2) is 6.07 Å². The number of carbonyl (C=O) groups excluding carboxylic acids is 1. The fourth-order valence-corrected chi connectivity index (χ4v) is 2.37. The molecule has 0 saturated carbocycles. The third-order valence-corrected chi connectivity index (χ3v) is 3.34. The maximum atomic E-state index is 12.3. The number of aromatic nitrogens is 2. The Morgan fingerprint density at radius 1 is 1.59 bits per heavy atom. The molecule has 0 aliphatic carbocycles. The molecule has 1 fully saturated rings. The molecule has 1 aliphatic rings. The molecule has 0 radical (unpaired) electrons. The van der Waals surface area contributed by atoms with Crippen LogP contribution in [-0.4, -0.2) is 46.8 Å². The van der Waals surface area contributed by atoms with E-state index in [0.717, 1.165) is 31.6 Å². The van der Waals surface area contributed by atoms with Gasteiger partial charge in [0.15, 0.2) is 0 Å². The van der Waals surface area contributed by atoms with Gasteiger partial charge in [-0.2, -0.15) is 5.10 Å². The molecule has 2 rings (SSSR count). The van der Waals surface area contributed by atoms with Crippen LogP contribution in [0.4, 0.5) is 0 Å². The van der Waals surface area contributed by atoms with Crippen molar-refractivity contribution in [2.75, 3.05) is 20.1 Å². The number of rotatable bonds is 2. The Bertz CT molecular complexity index is 413. The van der Waals surface area contributed by atoms with E-state index >= 15 is 0 Å². The summed E-state index contributed by atoms with van der Waals surface area (Å²) >= 11 is 0. The van der Waals surface area contributed by atoms with Crippen molar-refractivity contribution in [3.63, 3.8) is 0 Å². The maximum absolute atomic E-state index is 12.3. The average Bonchev–Trinajstić information content (AvgIpc) is 2.67. The van der Waals surface area contributed by atoms with Gasteiger partial charge in [-0.15, -0.1) is 0 Å². The molecular formula is C12H20N4O. The second-order valence-corrected chi connectivity index (χ2v) is 4.67. The van der Waals surface area contributed by atoms with Crippen molar-refractivity contribution in [3.8, 4) is 0 Å². The number of nitrogens with one attached hydrogen (secondary N) is 1. The molecule has 0 spiro atoms. The lowest BCUT2D eigenvalue weighted by atomic mass is 10.1. The Hall–Kier alpha value is -1.36. The lowest BCUT2D eigenvalue weighted by Gasteiger charge is -2.32. The molecule has 94 valence electrons. The molecule has 1 amide bonds. The Balaban J connectivity index is 2.12. The molecule has 17 heavy (non-hydrogen) atoms. The van der Waals surface area contributed by atoms with Crippen LogP contribution in [0.25, 0.3) is 0 Å². The fourth-order valence-electron chi connectivity index (χ4n) is 2.37. The van der Waals surface area contributed by atoms with Gasteiger partial charge in [-0.3, -0.25) is 9.48 Å². The van der Waals surface area contributed by atoms with E-state index in [-0.39, 0.29) is 5.91 Å². The second-order valence-electron chi connectivity index (χ2n) is 4.67. The third-order valence-electron chi connectivity index (χ3n) is 3.34. The van der Waals surface area contributed by atoms with E-state index in [2.05, 4.69) is 10.4 Å². The normalized spacial score (nSPS) is 20.6. The van der Waals surface area contributed by atoms with Gasteiger partial charge in [-0.05, 0) is 32.9 Å². The lowest BCUT2D eigenvalue weighted by Crippen LogP contribution is -2.47. The number of hydrogen-bond donors (Lipinski definition) is 1. The van der Waals surface area contributed by atoms with Crippen LogP contribution in [0.5, 0.6) is 0 Å². The van der Waals surface area contributed by atoms with E-state index in [1.54, 1.807) is 4.68 Å². The van der Waals surface area contributed by atoms with Crippen molar-refractivity contribution in [2.24, 2.45) is 7.05 Å². The Kier molecular flexibility index (Phi) is 3.47. The number of aryl methyl sites for hydroxylation is 2. The van der Waals surface area contributed by atoms with E-state index in [4.69, 9.17) is 0 Å². The fraction of sp³-hybridized carbons (Fsp3) is 0.667. The minimum Gasteiger partial charge on any atom is -0.336 e. The maximum Gasteiger partial charge on any atom is 0.272 e. The van der Waals surface area contributed by atoms with Crippen LogP contribution in [0.1, 0.15) is 29.0 Å². The predicted octanol–water partition coefficient (Wildman–Crippen LogP) is 0.553. The largest absolute Gasteiger partial charge is 0.336 e. The second kappa shape index (κ2) is 4.87. The number of likely N-dealkylation sites (N-methyl/N-ethyl adjacent to an activating group) is 1. The Morgan fingerprint density at radius 3 is 2.94 bits per heavy atom. The smallest absolute Gasteiger partial charge is 0.272 e. The van der Waals surface area contributed by atoms with E-state index in [0.29, 0.717) is 11.7 Å². The topological polar surface area (TPSA) is 50.2 Å². The van der Waals surface area contributed by atoms with Crippen molar-refractivity contribution in [1.82, 2.24) is 20.0 Å². The molecular weight excluding hydrogens is 216 g/mol. The molecule has 0 aromatic carbocycles. The van der Waals surface area contributed by atoms with Crippen molar-refractivity contribution in [1.29, 1.82) is 0 Å². The zero-order valence-electron chi connectivity index (χ0n) is 10.7. The number of nitrogens with zero attached hydrogens (tertiary/aromatic N) is 3. The molecule has 1 saturated heterocycles. The van der Waals surface area contributed by atoms with Gasteiger partial charge in [-0.1, -0.05) is 0 Å². The molecule has 5 heteroatoms. The summed E-state index contributed by atoms with van der Waals surface area (Å²) in [6.45, 7) is 3.55.